The number of nitrogens with two attached hydrogens (primary N) is 2. The van der Waals surface area contributed by atoms with E-state index in [0.29, 0.717) is 16.8 Å². The summed E-state index contributed by atoms with van der Waals surface area (Å²) in [7, 11) is 0. The van der Waals surface area contributed by atoms with E-state index >= 15 is 0 Å². The minimum absolute atomic E-state index is 0.279. The second kappa shape index (κ2) is 2.46. The summed E-state index contributed by atoms with van der Waals surface area (Å²) in [5.41, 5.74) is 12.5. The van der Waals surface area contributed by atoms with E-state index in [1.54, 1.807) is 6.92 Å². The van der Waals surface area contributed by atoms with Crippen molar-refractivity contribution in [3.05, 3.63) is 17.3 Å². The van der Waals surface area contributed by atoms with Crippen LogP contribution in [0, 0.1) is 18.3 Å². The van der Waals surface area contributed by atoms with Crippen molar-refractivity contribution in [1.82, 2.24) is 4.98 Å². The molecule has 0 bridgehead atoms. The molecule has 0 aliphatic heterocycles. The van der Waals surface area contributed by atoms with Crippen molar-refractivity contribution < 1.29 is 0 Å². The standard InChI is InChI=1S/C7H8N4/c1-4-5(2-8)3-11-7(10)6(4)9/h3H,9H2,1H3,(H2,10,11). The van der Waals surface area contributed by atoms with E-state index in [9.17, 15) is 0 Å². The largest absolute Gasteiger partial charge is 0.395 e. The fraction of sp³-hybridized carbons (Fsp3) is 0.143. The molecule has 1 aromatic rings. The second-order valence-electron chi connectivity index (χ2n) is 2.21. The number of nitrogens with zero attached hydrogens (tertiary/aromatic N) is 2. The minimum Gasteiger partial charge on any atom is -0.395 e. The molecule has 0 radical (unpaired) electrons. The summed E-state index contributed by atoms with van der Waals surface area (Å²) < 4.78 is 0. The predicted molar refractivity (Wildman–Crippen MR) is 42.5 cm³/mol. The third-order valence-electron chi connectivity index (χ3n) is 1.54. The Bertz CT molecular complexity index is 324. The van der Waals surface area contributed by atoms with Crippen LogP contribution in [0.5, 0.6) is 0 Å². The van der Waals surface area contributed by atoms with Gasteiger partial charge in [-0.05, 0) is 12.5 Å². The van der Waals surface area contributed by atoms with Crippen molar-refractivity contribution in [1.29, 1.82) is 5.26 Å². The van der Waals surface area contributed by atoms with Gasteiger partial charge in [-0.25, -0.2) is 4.98 Å². The molecule has 0 saturated carbocycles. The highest BCUT2D eigenvalue weighted by atomic mass is 14.9. The van der Waals surface area contributed by atoms with Gasteiger partial charge in [0.05, 0.1) is 11.3 Å². The zero-order valence-electron chi connectivity index (χ0n) is 6.13. The van der Waals surface area contributed by atoms with E-state index < -0.39 is 0 Å². The number of anilines is 2. The van der Waals surface area contributed by atoms with Gasteiger partial charge in [-0.2, -0.15) is 5.26 Å². The minimum atomic E-state index is 0.279. The number of aromatic nitrogens is 1. The van der Waals surface area contributed by atoms with Crippen LogP contribution in [0.15, 0.2) is 6.20 Å². The molecular weight excluding hydrogens is 140 g/mol. The highest BCUT2D eigenvalue weighted by Gasteiger charge is 2.04. The number of hydrogen-bond donors (Lipinski definition) is 2. The lowest BCUT2D eigenvalue weighted by Gasteiger charge is -2.02. The monoisotopic (exact) mass is 148 g/mol. The Morgan fingerprint density at radius 1 is 1.55 bits per heavy atom. The molecule has 0 spiro atoms. The highest BCUT2D eigenvalue weighted by Crippen LogP contribution is 2.18. The molecule has 0 aliphatic carbocycles. The first kappa shape index (κ1) is 7.35. The molecule has 1 rings (SSSR count). The molecule has 0 aromatic carbocycles. The van der Waals surface area contributed by atoms with Gasteiger partial charge >= 0.3 is 0 Å². The van der Waals surface area contributed by atoms with Gasteiger partial charge in [0.15, 0.2) is 0 Å². The first-order valence-corrected chi connectivity index (χ1v) is 3.07. The van der Waals surface area contributed by atoms with Crippen LogP contribution in [0.25, 0.3) is 0 Å². The fourth-order valence-corrected chi connectivity index (χ4v) is 0.750. The summed E-state index contributed by atoms with van der Waals surface area (Å²) >= 11 is 0. The lowest BCUT2D eigenvalue weighted by Crippen LogP contribution is -2.01. The van der Waals surface area contributed by atoms with Gasteiger partial charge in [0.1, 0.15) is 11.9 Å². The zero-order valence-corrected chi connectivity index (χ0v) is 6.13. The number of pyridine rings is 1. The zero-order chi connectivity index (χ0) is 8.43. The van der Waals surface area contributed by atoms with Crippen molar-refractivity contribution in [2.24, 2.45) is 0 Å². The number of hydrogen-bond acceptors (Lipinski definition) is 4. The summed E-state index contributed by atoms with van der Waals surface area (Å²) in [6.07, 6.45) is 1.42. The Kier molecular flexibility index (Phi) is 1.65. The van der Waals surface area contributed by atoms with Gasteiger partial charge in [0.25, 0.3) is 0 Å². The van der Waals surface area contributed by atoms with Crippen LogP contribution in [0.2, 0.25) is 0 Å². The van der Waals surface area contributed by atoms with Crippen molar-refractivity contribution in [3.63, 3.8) is 0 Å². The molecule has 0 amide bonds. The van der Waals surface area contributed by atoms with E-state index in [1.807, 2.05) is 6.07 Å². The third kappa shape index (κ3) is 1.08. The normalized spacial score (nSPS) is 9.09. The molecule has 56 valence electrons. The molecule has 0 atom stereocenters. The topological polar surface area (TPSA) is 88.7 Å². The Morgan fingerprint density at radius 2 is 2.18 bits per heavy atom. The van der Waals surface area contributed by atoms with Crippen LogP contribution in [-0.4, -0.2) is 4.98 Å². The van der Waals surface area contributed by atoms with Crippen LogP contribution in [0.4, 0.5) is 11.5 Å². The Hall–Kier alpha value is -1.76. The average Bonchev–Trinajstić information content (AvgIpc) is 2.01. The Balaban J connectivity index is 3.40. The molecule has 1 heterocycles. The van der Waals surface area contributed by atoms with Gasteiger partial charge in [0, 0.05) is 6.20 Å². The summed E-state index contributed by atoms with van der Waals surface area (Å²) in [4.78, 5) is 3.74. The first-order valence-electron chi connectivity index (χ1n) is 3.07. The maximum Gasteiger partial charge on any atom is 0.146 e. The third-order valence-corrected chi connectivity index (χ3v) is 1.54. The predicted octanol–water partition coefficient (Wildman–Crippen LogP) is 0.426. The van der Waals surface area contributed by atoms with Gasteiger partial charge in [0.2, 0.25) is 0 Å². The number of nitriles is 1. The molecule has 1 aromatic heterocycles. The summed E-state index contributed by atoms with van der Waals surface area (Å²) in [5, 5.41) is 8.55. The van der Waals surface area contributed by atoms with E-state index in [0.717, 1.165) is 0 Å². The molecule has 11 heavy (non-hydrogen) atoms. The van der Waals surface area contributed by atoms with Gasteiger partial charge < -0.3 is 11.5 Å². The lowest BCUT2D eigenvalue weighted by atomic mass is 10.1. The average molecular weight is 148 g/mol. The summed E-state index contributed by atoms with van der Waals surface area (Å²) in [5.74, 6) is 0.279. The molecule has 0 saturated heterocycles. The van der Waals surface area contributed by atoms with E-state index in [2.05, 4.69) is 4.98 Å². The Labute approximate surface area is 64.5 Å². The van der Waals surface area contributed by atoms with Crippen LogP contribution in [0.1, 0.15) is 11.1 Å². The fourth-order valence-electron chi connectivity index (χ4n) is 0.750. The van der Waals surface area contributed by atoms with E-state index in [4.69, 9.17) is 16.7 Å². The van der Waals surface area contributed by atoms with Crippen molar-refractivity contribution in [2.45, 2.75) is 6.92 Å². The molecule has 0 aliphatic rings. The van der Waals surface area contributed by atoms with E-state index in [-0.39, 0.29) is 5.82 Å². The van der Waals surface area contributed by atoms with Crippen LogP contribution >= 0.6 is 0 Å². The summed E-state index contributed by atoms with van der Waals surface area (Å²) in [6.45, 7) is 1.74. The lowest BCUT2D eigenvalue weighted by molar-refractivity contribution is 1.27. The SMILES string of the molecule is Cc1c(C#N)cnc(N)c1N. The molecule has 0 unspecified atom stereocenters. The van der Waals surface area contributed by atoms with Crippen LogP contribution in [-0.2, 0) is 0 Å². The number of nitrogen functional groups attached to an aromatic ring is 2. The van der Waals surface area contributed by atoms with Crippen LogP contribution in [0.3, 0.4) is 0 Å². The van der Waals surface area contributed by atoms with Gasteiger partial charge in [-0.1, -0.05) is 0 Å². The second-order valence-corrected chi connectivity index (χ2v) is 2.21. The number of rotatable bonds is 0. The van der Waals surface area contributed by atoms with Crippen molar-refractivity contribution >= 4 is 11.5 Å². The molecule has 4 nitrogen and oxygen atoms in total. The highest BCUT2D eigenvalue weighted by molar-refractivity contribution is 5.66. The smallest absolute Gasteiger partial charge is 0.146 e. The molecular formula is C7H8N4. The first-order chi connectivity index (χ1) is 5.16. The van der Waals surface area contributed by atoms with Crippen LogP contribution < -0.4 is 11.5 Å². The maximum atomic E-state index is 8.55. The summed E-state index contributed by atoms with van der Waals surface area (Å²) in [6, 6.07) is 1.97. The van der Waals surface area contributed by atoms with E-state index in [1.165, 1.54) is 6.20 Å². The quantitative estimate of drug-likeness (QED) is 0.558. The molecule has 4 N–H and O–H groups in total. The Morgan fingerprint density at radius 3 is 2.73 bits per heavy atom. The van der Waals surface area contributed by atoms with Crippen molar-refractivity contribution in [3.8, 4) is 6.07 Å². The molecule has 0 fully saturated rings. The van der Waals surface area contributed by atoms with Gasteiger partial charge in [-0.15, -0.1) is 0 Å². The maximum absolute atomic E-state index is 8.55. The van der Waals surface area contributed by atoms with Gasteiger partial charge in [-0.3, -0.25) is 0 Å². The van der Waals surface area contributed by atoms with Crippen molar-refractivity contribution in [2.75, 3.05) is 11.5 Å². The molecule has 4 heteroatoms.